The average molecular weight is 290 g/mol. The number of aliphatic hydroxyl groups excluding tert-OH is 1. The van der Waals surface area contributed by atoms with Gasteiger partial charge in [-0.05, 0) is 18.2 Å². The summed E-state index contributed by atoms with van der Waals surface area (Å²) in [5.74, 6) is -0.349. The standard InChI is InChI=1S/C15H18N2O4/c18-13-4-5-17(15(13)20)12-3-1-2-11(10-12)14(19)16-6-8-21-9-7-16/h1-3,10,13,18H,4-9H2. The number of rotatable bonds is 2. The molecule has 112 valence electrons. The molecule has 0 saturated carbocycles. The van der Waals surface area contributed by atoms with Crippen molar-refractivity contribution in [3.05, 3.63) is 29.8 Å². The van der Waals surface area contributed by atoms with Crippen LogP contribution >= 0.6 is 0 Å². The van der Waals surface area contributed by atoms with Crippen LogP contribution in [-0.4, -0.2) is 60.8 Å². The molecule has 6 nitrogen and oxygen atoms in total. The zero-order chi connectivity index (χ0) is 14.8. The van der Waals surface area contributed by atoms with Gasteiger partial charge in [-0.1, -0.05) is 6.07 Å². The van der Waals surface area contributed by atoms with Gasteiger partial charge >= 0.3 is 0 Å². The molecule has 1 unspecified atom stereocenters. The SMILES string of the molecule is O=C(c1cccc(N2CCC(O)C2=O)c1)N1CCOCC1. The van der Waals surface area contributed by atoms with Gasteiger partial charge in [-0.15, -0.1) is 0 Å². The fourth-order valence-corrected chi connectivity index (χ4v) is 2.68. The summed E-state index contributed by atoms with van der Waals surface area (Å²) in [7, 11) is 0. The minimum atomic E-state index is -0.927. The van der Waals surface area contributed by atoms with E-state index in [1.165, 1.54) is 4.90 Å². The molecule has 0 bridgehead atoms. The normalized spacial score (nSPS) is 22.7. The first kappa shape index (κ1) is 14.0. The van der Waals surface area contributed by atoms with Crippen molar-refractivity contribution < 1.29 is 19.4 Å². The monoisotopic (exact) mass is 290 g/mol. The molecule has 0 aromatic heterocycles. The fraction of sp³-hybridized carbons (Fsp3) is 0.467. The van der Waals surface area contributed by atoms with Gasteiger partial charge < -0.3 is 19.6 Å². The number of anilines is 1. The van der Waals surface area contributed by atoms with Crippen molar-refractivity contribution in [1.82, 2.24) is 4.90 Å². The molecule has 1 aromatic carbocycles. The van der Waals surface area contributed by atoms with Gasteiger partial charge in [-0.3, -0.25) is 9.59 Å². The summed E-state index contributed by atoms with van der Waals surface area (Å²) in [5.41, 5.74) is 1.22. The van der Waals surface area contributed by atoms with Crippen LogP contribution in [0.5, 0.6) is 0 Å². The molecule has 1 atom stereocenters. The van der Waals surface area contributed by atoms with Crippen LogP contribution in [0.4, 0.5) is 5.69 Å². The quantitative estimate of drug-likeness (QED) is 0.848. The molecule has 2 amide bonds. The molecule has 1 N–H and O–H groups in total. The van der Waals surface area contributed by atoms with Crippen LogP contribution in [-0.2, 0) is 9.53 Å². The number of amides is 2. The molecule has 2 heterocycles. The van der Waals surface area contributed by atoms with E-state index in [4.69, 9.17) is 4.74 Å². The van der Waals surface area contributed by atoms with Gasteiger partial charge in [0.1, 0.15) is 6.10 Å². The molecule has 2 fully saturated rings. The second-order valence-corrected chi connectivity index (χ2v) is 5.25. The van der Waals surface area contributed by atoms with Gasteiger partial charge in [-0.25, -0.2) is 0 Å². The maximum Gasteiger partial charge on any atom is 0.255 e. The van der Waals surface area contributed by atoms with Crippen molar-refractivity contribution in [3.63, 3.8) is 0 Å². The first-order valence-electron chi connectivity index (χ1n) is 7.13. The summed E-state index contributed by atoms with van der Waals surface area (Å²) in [6.07, 6.45) is -0.496. The number of nitrogens with zero attached hydrogens (tertiary/aromatic N) is 2. The topological polar surface area (TPSA) is 70.1 Å². The predicted octanol–water partition coefficient (Wildman–Crippen LogP) is 0.257. The Bertz CT molecular complexity index is 554. The Morgan fingerprint density at radius 2 is 2.00 bits per heavy atom. The van der Waals surface area contributed by atoms with Crippen LogP contribution in [0.1, 0.15) is 16.8 Å². The van der Waals surface area contributed by atoms with Gasteiger partial charge in [0.2, 0.25) is 0 Å². The Balaban J connectivity index is 1.79. The lowest BCUT2D eigenvalue weighted by molar-refractivity contribution is -0.123. The molecule has 6 heteroatoms. The van der Waals surface area contributed by atoms with Crippen molar-refractivity contribution in [2.45, 2.75) is 12.5 Å². The van der Waals surface area contributed by atoms with Gasteiger partial charge in [0.25, 0.3) is 11.8 Å². The van der Waals surface area contributed by atoms with E-state index in [-0.39, 0.29) is 11.8 Å². The van der Waals surface area contributed by atoms with E-state index in [0.29, 0.717) is 50.5 Å². The molecule has 2 aliphatic rings. The number of benzene rings is 1. The maximum absolute atomic E-state index is 12.4. The van der Waals surface area contributed by atoms with E-state index < -0.39 is 6.10 Å². The Kier molecular flexibility index (Phi) is 3.90. The lowest BCUT2D eigenvalue weighted by Gasteiger charge is -2.27. The molecule has 0 aliphatic carbocycles. The number of hydrogen-bond acceptors (Lipinski definition) is 4. The van der Waals surface area contributed by atoms with Crippen LogP contribution in [0.15, 0.2) is 24.3 Å². The van der Waals surface area contributed by atoms with Crippen LogP contribution in [0.25, 0.3) is 0 Å². The third-order valence-electron chi connectivity index (χ3n) is 3.88. The summed E-state index contributed by atoms with van der Waals surface area (Å²) in [6.45, 7) is 2.77. The van der Waals surface area contributed by atoms with E-state index in [1.54, 1.807) is 29.2 Å². The van der Waals surface area contributed by atoms with Crippen LogP contribution in [0.3, 0.4) is 0 Å². The lowest BCUT2D eigenvalue weighted by Crippen LogP contribution is -2.40. The number of hydrogen-bond donors (Lipinski definition) is 1. The molecular formula is C15H18N2O4. The van der Waals surface area contributed by atoms with E-state index in [0.717, 1.165) is 0 Å². The van der Waals surface area contributed by atoms with Gasteiger partial charge in [0, 0.05) is 37.3 Å². The van der Waals surface area contributed by atoms with Crippen molar-refractivity contribution in [2.24, 2.45) is 0 Å². The maximum atomic E-state index is 12.4. The first-order chi connectivity index (χ1) is 10.2. The van der Waals surface area contributed by atoms with Crippen molar-refractivity contribution in [1.29, 1.82) is 0 Å². The smallest absolute Gasteiger partial charge is 0.255 e. The van der Waals surface area contributed by atoms with Gasteiger partial charge in [0.05, 0.1) is 13.2 Å². The lowest BCUT2D eigenvalue weighted by atomic mass is 10.1. The molecule has 3 rings (SSSR count). The van der Waals surface area contributed by atoms with Crippen molar-refractivity contribution >= 4 is 17.5 Å². The Morgan fingerprint density at radius 3 is 2.67 bits per heavy atom. The van der Waals surface area contributed by atoms with Crippen molar-refractivity contribution in [3.8, 4) is 0 Å². The van der Waals surface area contributed by atoms with Crippen LogP contribution in [0, 0.1) is 0 Å². The average Bonchev–Trinajstić information content (AvgIpc) is 2.87. The number of carbonyl (C=O) groups excluding carboxylic acids is 2. The van der Waals surface area contributed by atoms with E-state index in [9.17, 15) is 14.7 Å². The second-order valence-electron chi connectivity index (χ2n) is 5.25. The predicted molar refractivity (Wildman–Crippen MR) is 76.1 cm³/mol. The Morgan fingerprint density at radius 1 is 1.24 bits per heavy atom. The highest BCUT2D eigenvalue weighted by molar-refractivity contribution is 6.00. The number of morpholine rings is 1. The first-order valence-corrected chi connectivity index (χ1v) is 7.13. The summed E-state index contributed by atoms with van der Waals surface area (Å²) >= 11 is 0. The molecular weight excluding hydrogens is 272 g/mol. The highest BCUT2D eigenvalue weighted by atomic mass is 16.5. The third-order valence-corrected chi connectivity index (χ3v) is 3.88. The highest BCUT2D eigenvalue weighted by Gasteiger charge is 2.31. The second kappa shape index (κ2) is 5.83. The number of ether oxygens (including phenoxy) is 1. The molecule has 0 radical (unpaired) electrons. The fourth-order valence-electron chi connectivity index (χ4n) is 2.68. The largest absolute Gasteiger partial charge is 0.383 e. The zero-order valence-corrected chi connectivity index (χ0v) is 11.7. The minimum absolute atomic E-state index is 0.0488. The van der Waals surface area contributed by atoms with Crippen molar-refractivity contribution in [2.75, 3.05) is 37.7 Å². The highest BCUT2D eigenvalue weighted by Crippen LogP contribution is 2.23. The molecule has 1 aromatic rings. The molecule has 2 aliphatic heterocycles. The van der Waals surface area contributed by atoms with E-state index in [2.05, 4.69) is 0 Å². The molecule has 0 spiro atoms. The van der Waals surface area contributed by atoms with Gasteiger partial charge in [-0.2, -0.15) is 0 Å². The van der Waals surface area contributed by atoms with E-state index >= 15 is 0 Å². The van der Waals surface area contributed by atoms with Crippen LogP contribution in [0.2, 0.25) is 0 Å². The van der Waals surface area contributed by atoms with Gasteiger partial charge in [0.15, 0.2) is 0 Å². The summed E-state index contributed by atoms with van der Waals surface area (Å²) in [6, 6.07) is 7.01. The minimum Gasteiger partial charge on any atom is -0.383 e. The Hall–Kier alpha value is -1.92. The van der Waals surface area contributed by atoms with Crippen LogP contribution < -0.4 is 4.90 Å². The third kappa shape index (κ3) is 2.77. The van der Waals surface area contributed by atoms with E-state index in [1.807, 2.05) is 0 Å². The summed E-state index contributed by atoms with van der Waals surface area (Å²) in [4.78, 5) is 27.6. The summed E-state index contributed by atoms with van der Waals surface area (Å²) < 4.78 is 5.24. The Labute approximate surface area is 122 Å². The molecule has 21 heavy (non-hydrogen) atoms. The zero-order valence-electron chi connectivity index (χ0n) is 11.7. The number of aliphatic hydroxyl groups is 1. The molecule has 2 saturated heterocycles. The number of carbonyl (C=O) groups is 2. The summed E-state index contributed by atoms with van der Waals surface area (Å²) in [5, 5.41) is 9.53.